The zero-order valence-corrected chi connectivity index (χ0v) is 12.9. The number of nitrogens with zero attached hydrogens (tertiary/aromatic N) is 1. The minimum absolute atomic E-state index is 0.0231. The van der Waals surface area contributed by atoms with E-state index in [0.717, 1.165) is 6.07 Å². The quantitative estimate of drug-likeness (QED) is 0.711. The third-order valence-corrected chi connectivity index (χ3v) is 2.96. The predicted octanol–water partition coefficient (Wildman–Crippen LogP) is 1.18. The summed E-state index contributed by atoms with van der Waals surface area (Å²) in [5.74, 6) is -0.949. The van der Waals surface area contributed by atoms with Crippen LogP contribution >= 0.6 is 15.9 Å². The van der Waals surface area contributed by atoms with E-state index >= 15 is 0 Å². The highest BCUT2D eigenvalue weighted by Crippen LogP contribution is 2.27. The molecule has 1 rings (SSSR count). The SMILES string of the molecule is CS(=O)(=O)ON(OS(C)(=O)=O)c1cccc(Br)c1F. The van der Waals surface area contributed by atoms with Crippen LogP contribution in [0.15, 0.2) is 22.7 Å². The summed E-state index contributed by atoms with van der Waals surface area (Å²) in [5.41, 5.74) is -0.523. The first-order valence-electron chi connectivity index (χ1n) is 4.53. The highest BCUT2D eigenvalue weighted by molar-refractivity contribution is 9.10. The maximum Gasteiger partial charge on any atom is 0.287 e. The molecule has 0 saturated carbocycles. The first-order valence-corrected chi connectivity index (χ1v) is 8.95. The summed E-state index contributed by atoms with van der Waals surface area (Å²) in [6, 6.07) is 3.75. The molecule has 0 atom stereocenters. The molecule has 0 heterocycles. The largest absolute Gasteiger partial charge is 0.287 e. The van der Waals surface area contributed by atoms with Gasteiger partial charge in [0, 0.05) is 0 Å². The van der Waals surface area contributed by atoms with Gasteiger partial charge in [0.1, 0.15) is 5.69 Å². The summed E-state index contributed by atoms with van der Waals surface area (Å²) in [7, 11) is -8.24. The zero-order chi connectivity index (χ0) is 14.8. The van der Waals surface area contributed by atoms with Crippen molar-refractivity contribution in [1.29, 1.82) is 0 Å². The lowest BCUT2D eigenvalue weighted by Gasteiger charge is -2.19. The van der Waals surface area contributed by atoms with Crippen molar-refractivity contribution in [2.45, 2.75) is 0 Å². The molecule has 0 amide bonds. The van der Waals surface area contributed by atoms with Crippen molar-refractivity contribution in [3.05, 3.63) is 28.5 Å². The molecule has 0 aliphatic rings. The number of hydrogen-bond acceptors (Lipinski definition) is 7. The summed E-state index contributed by atoms with van der Waals surface area (Å²) in [6.45, 7) is 0. The molecule has 0 radical (unpaired) electrons. The van der Waals surface area contributed by atoms with Crippen molar-refractivity contribution in [3.63, 3.8) is 0 Å². The number of anilines is 1. The van der Waals surface area contributed by atoms with Gasteiger partial charge >= 0.3 is 0 Å². The number of rotatable bonds is 5. The van der Waals surface area contributed by atoms with Crippen LogP contribution in [-0.2, 0) is 28.8 Å². The van der Waals surface area contributed by atoms with E-state index in [0.29, 0.717) is 12.5 Å². The second-order valence-electron chi connectivity index (χ2n) is 3.39. The number of halogens is 2. The van der Waals surface area contributed by atoms with E-state index in [-0.39, 0.29) is 9.70 Å². The highest BCUT2D eigenvalue weighted by atomic mass is 79.9. The molecule has 0 aliphatic heterocycles. The first kappa shape index (κ1) is 16.3. The molecule has 0 unspecified atom stereocenters. The summed E-state index contributed by atoms with van der Waals surface area (Å²) in [5, 5.41) is -0.0231. The molecule has 0 fully saturated rings. The topological polar surface area (TPSA) is 90.0 Å². The Morgan fingerprint density at radius 2 is 1.58 bits per heavy atom. The molecule has 11 heteroatoms. The Labute approximate surface area is 118 Å². The van der Waals surface area contributed by atoms with Gasteiger partial charge in [-0.3, -0.25) is 0 Å². The summed E-state index contributed by atoms with van der Waals surface area (Å²) < 4.78 is 66.4. The lowest BCUT2D eigenvalue weighted by atomic mass is 10.3. The summed E-state index contributed by atoms with van der Waals surface area (Å²) >= 11 is 2.86. The van der Waals surface area contributed by atoms with Gasteiger partial charge in [-0.15, -0.1) is 8.57 Å². The van der Waals surface area contributed by atoms with Crippen LogP contribution in [0.5, 0.6) is 0 Å². The highest BCUT2D eigenvalue weighted by Gasteiger charge is 2.24. The average molecular weight is 378 g/mol. The van der Waals surface area contributed by atoms with Crippen LogP contribution in [0, 0.1) is 5.82 Å². The molecule has 0 spiro atoms. The van der Waals surface area contributed by atoms with Crippen LogP contribution in [0.2, 0.25) is 0 Å². The van der Waals surface area contributed by atoms with Gasteiger partial charge in [-0.25, -0.2) is 4.39 Å². The van der Waals surface area contributed by atoms with Crippen molar-refractivity contribution in [3.8, 4) is 0 Å². The lowest BCUT2D eigenvalue weighted by molar-refractivity contribution is 0.0853. The van der Waals surface area contributed by atoms with Gasteiger partial charge in [0.05, 0.1) is 17.0 Å². The molecule has 1 aromatic rings. The Morgan fingerprint density at radius 1 is 1.11 bits per heavy atom. The molecule has 0 aromatic heterocycles. The normalized spacial score (nSPS) is 12.4. The van der Waals surface area contributed by atoms with Crippen molar-refractivity contribution in [2.75, 3.05) is 17.7 Å². The fourth-order valence-electron chi connectivity index (χ4n) is 0.972. The first-order chi connectivity index (χ1) is 8.49. The van der Waals surface area contributed by atoms with Crippen molar-refractivity contribution in [1.82, 2.24) is 0 Å². The van der Waals surface area contributed by atoms with Crippen LogP contribution in [-0.4, -0.2) is 29.3 Å². The van der Waals surface area contributed by atoms with Gasteiger partial charge in [0.15, 0.2) is 5.82 Å². The Morgan fingerprint density at radius 3 is 2.00 bits per heavy atom. The summed E-state index contributed by atoms with van der Waals surface area (Å²) in [4.78, 5) is 0. The standard InChI is InChI=1S/C8H9BrFNO6S2/c1-18(12,13)16-11(17-19(2,14)15)7-5-3-4-6(9)8(7)10/h3-5H,1-2H3. The Balaban J connectivity index is 3.27. The second-order valence-corrected chi connectivity index (χ2v) is 7.36. The molecule has 0 N–H and O–H groups in total. The molecule has 7 nitrogen and oxygen atoms in total. The molecular weight excluding hydrogens is 369 g/mol. The van der Waals surface area contributed by atoms with Crippen molar-refractivity contribution in [2.24, 2.45) is 0 Å². The van der Waals surface area contributed by atoms with E-state index in [1.54, 1.807) is 0 Å². The third kappa shape index (κ3) is 5.40. The van der Waals surface area contributed by atoms with Gasteiger partial charge in [-0.05, 0) is 28.1 Å². The Bertz CT molecular complexity index is 640. The monoisotopic (exact) mass is 377 g/mol. The smallest absolute Gasteiger partial charge is 0.203 e. The van der Waals surface area contributed by atoms with E-state index in [1.165, 1.54) is 12.1 Å². The van der Waals surface area contributed by atoms with Gasteiger partial charge in [-0.2, -0.15) is 16.8 Å². The zero-order valence-electron chi connectivity index (χ0n) is 9.70. The van der Waals surface area contributed by atoms with Crippen LogP contribution in [0.3, 0.4) is 0 Å². The van der Waals surface area contributed by atoms with E-state index in [9.17, 15) is 21.2 Å². The maximum atomic E-state index is 13.8. The molecule has 108 valence electrons. The van der Waals surface area contributed by atoms with Crippen molar-refractivity contribution < 1.29 is 29.8 Å². The predicted molar refractivity (Wildman–Crippen MR) is 68.4 cm³/mol. The summed E-state index contributed by atoms with van der Waals surface area (Å²) in [6.07, 6.45) is 1.31. The van der Waals surface area contributed by atoms with Crippen LogP contribution in [0.4, 0.5) is 10.1 Å². The van der Waals surface area contributed by atoms with Gasteiger partial charge in [0.25, 0.3) is 20.2 Å². The van der Waals surface area contributed by atoms with E-state index in [4.69, 9.17) is 0 Å². The number of hydrogen-bond donors (Lipinski definition) is 0. The minimum atomic E-state index is -4.12. The van der Waals surface area contributed by atoms with E-state index in [2.05, 4.69) is 24.5 Å². The Kier molecular flexibility index (Phi) is 4.90. The minimum Gasteiger partial charge on any atom is -0.203 e. The van der Waals surface area contributed by atoms with E-state index in [1.807, 2.05) is 0 Å². The third-order valence-electron chi connectivity index (χ3n) is 1.53. The molecule has 19 heavy (non-hydrogen) atoms. The molecule has 0 saturated heterocycles. The van der Waals surface area contributed by atoms with Crippen LogP contribution in [0.25, 0.3) is 0 Å². The average Bonchev–Trinajstić information content (AvgIpc) is 2.16. The fourth-order valence-corrected chi connectivity index (χ4v) is 2.08. The molecule has 1 aromatic carbocycles. The van der Waals surface area contributed by atoms with Crippen molar-refractivity contribution >= 4 is 41.9 Å². The molecule has 0 bridgehead atoms. The van der Waals surface area contributed by atoms with Crippen LogP contribution < -0.4 is 5.23 Å². The van der Waals surface area contributed by atoms with Gasteiger partial charge < -0.3 is 0 Å². The number of benzene rings is 1. The van der Waals surface area contributed by atoms with Gasteiger partial charge in [0.2, 0.25) is 0 Å². The van der Waals surface area contributed by atoms with Gasteiger partial charge in [-0.1, -0.05) is 11.3 Å². The van der Waals surface area contributed by atoms with E-state index < -0.39 is 31.7 Å². The fraction of sp³-hybridized carbons (Fsp3) is 0.250. The molecular formula is C8H9BrFNO6S2. The van der Waals surface area contributed by atoms with Crippen LogP contribution in [0.1, 0.15) is 0 Å². The lowest BCUT2D eigenvalue weighted by Crippen LogP contribution is -2.30. The second kappa shape index (κ2) is 5.71. The molecule has 0 aliphatic carbocycles. The Hall–Kier alpha value is -0.750. The maximum absolute atomic E-state index is 13.8.